The standard InChI is InChI=1S/C17H16ClF3O6S.C14H20ClNO2/c1-28(25,26)13-6-5-9(15(18)10(13)7-27-8-17(19,20)21)16(24)14-11(22)3-2-4-12(14)23;1-4-12-8-6-7-11(3)14(12)16(10-18-5-2)13(17)9-15/h5-6,14H,2-4,7-8H2,1H3;6-8H,4-5,9-10H2,1-3H3. The molecule has 0 bridgehead atoms. The van der Waals surface area contributed by atoms with Crippen LogP contribution >= 0.6 is 23.2 Å². The fourth-order valence-electron chi connectivity index (χ4n) is 4.80. The van der Waals surface area contributed by atoms with Crippen molar-refractivity contribution in [2.45, 2.75) is 64.1 Å². The molecule has 0 aliphatic heterocycles. The van der Waals surface area contributed by atoms with E-state index in [2.05, 4.69) is 11.7 Å². The van der Waals surface area contributed by atoms with Gasteiger partial charge in [-0.1, -0.05) is 36.7 Å². The molecule has 1 aliphatic carbocycles. The number of aryl methyl sites for hydroxylation is 2. The summed E-state index contributed by atoms with van der Waals surface area (Å²) in [6, 6.07) is 8.07. The van der Waals surface area contributed by atoms with E-state index in [1.54, 1.807) is 4.90 Å². The summed E-state index contributed by atoms with van der Waals surface area (Å²) in [5.74, 6) is -3.76. The lowest BCUT2D eigenvalue weighted by molar-refractivity contribution is -0.176. The van der Waals surface area contributed by atoms with Crippen molar-refractivity contribution in [3.63, 3.8) is 0 Å². The molecule has 0 unspecified atom stereocenters. The van der Waals surface area contributed by atoms with Crippen molar-refractivity contribution in [1.29, 1.82) is 0 Å². The number of hydrogen-bond acceptors (Lipinski definition) is 8. The van der Waals surface area contributed by atoms with Crippen molar-refractivity contribution < 1.29 is 50.2 Å². The van der Waals surface area contributed by atoms with E-state index in [4.69, 9.17) is 27.9 Å². The molecule has 15 heteroatoms. The molecule has 9 nitrogen and oxygen atoms in total. The summed E-state index contributed by atoms with van der Waals surface area (Å²) in [7, 11) is -3.90. The van der Waals surface area contributed by atoms with Crippen molar-refractivity contribution in [3.8, 4) is 0 Å². The molecule has 2 aromatic rings. The molecular weight excluding hydrogens is 674 g/mol. The summed E-state index contributed by atoms with van der Waals surface area (Å²) in [5.41, 5.74) is 2.48. The number of nitrogens with zero attached hydrogens (tertiary/aromatic N) is 1. The number of ketones is 3. The van der Waals surface area contributed by atoms with Gasteiger partial charge in [-0.25, -0.2) is 8.42 Å². The van der Waals surface area contributed by atoms with Crippen LogP contribution < -0.4 is 4.90 Å². The van der Waals surface area contributed by atoms with E-state index in [0.29, 0.717) is 13.0 Å². The van der Waals surface area contributed by atoms with E-state index in [1.165, 1.54) is 0 Å². The van der Waals surface area contributed by atoms with Crippen molar-refractivity contribution >= 4 is 62.0 Å². The number of Topliss-reactive ketones (excluding diaryl/α,β-unsaturated/α-hetero) is 3. The number of sulfone groups is 1. The molecule has 254 valence electrons. The minimum Gasteiger partial charge on any atom is -0.367 e. The predicted molar refractivity (Wildman–Crippen MR) is 167 cm³/mol. The lowest BCUT2D eigenvalue weighted by atomic mass is 9.81. The van der Waals surface area contributed by atoms with E-state index in [9.17, 15) is 40.8 Å². The zero-order valence-electron chi connectivity index (χ0n) is 25.8. The highest BCUT2D eigenvalue weighted by Gasteiger charge is 2.38. The smallest absolute Gasteiger partial charge is 0.367 e. The topological polar surface area (TPSA) is 124 Å². The van der Waals surface area contributed by atoms with Crippen molar-refractivity contribution in [1.82, 2.24) is 0 Å². The van der Waals surface area contributed by atoms with Gasteiger partial charge in [-0.3, -0.25) is 24.1 Å². The third-order valence-corrected chi connectivity index (χ3v) is 8.78. The van der Waals surface area contributed by atoms with Crippen LogP contribution in [0.2, 0.25) is 5.02 Å². The first-order valence-corrected chi connectivity index (χ1v) is 17.1. The second kappa shape index (κ2) is 17.4. The Morgan fingerprint density at radius 1 is 1.04 bits per heavy atom. The Hall–Kier alpha value is -2.84. The minimum atomic E-state index is -4.65. The first-order chi connectivity index (χ1) is 21.5. The van der Waals surface area contributed by atoms with Gasteiger partial charge in [-0.15, -0.1) is 11.6 Å². The Bertz CT molecular complexity index is 1530. The summed E-state index contributed by atoms with van der Waals surface area (Å²) in [4.78, 5) is 49.9. The molecule has 0 radical (unpaired) electrons. The number of carbonyl (C=O) groups is 4. The maximum absolute atomic E-state index is 12.7. The van der Waals surface area contributed by atoms with Gasteiger partial charge in [0, 0.05) is 36.8 Å². The molecule has 0 aromatic heterocycles. The van der Waals surface area contributed by atoms with Gasteiger partial charge in [0.1, 0.15) is 25.1 Å². The Balaban J connectivity index is 0.000000353. The molecule has 1 aliphatic rings. The van der Waals surface area contributed by atoms with Gasteiger partial charge in [0.15, 0.2) is 27.2 Å². The maximum Gasteiger partial charge on any atom is 0.411 e. The lowest BCUT2D eigenvalue weighted by Crippen LogP contribution is -2.35. The average molecular weight is 711 g/mol. The number of carbonyl (C=O) groups excluding carboxylic acids is 4. The van der Waals surface area contributed by atoms with Crippen molar-refractivity contribution in [2.24, 2.45) is 5.92 Å². The minimum absolute atomic E-state index is 0.0371. The Morgan fingerprint density at radius 3 is 2.20 bits per heavy atom. The van der Waals surface area contributed by atoms with Gasteiger partial charge in [-0.2, -0.15) is 13.2 Å². The third kappa shape index (κ3) is 10.6. The number of para-hydroxylation sites is 1. The highest BCUT2D eigenvalue weighted by molar-refractivity contribution is 7.90. The number of benzene rings is 2. The molecule has 0 N–H and O–H groups in total. The van der Waals surface area contributed by atoms with E-state index in [1.807, 2.05) is 32.0 Å². The van der Waals surface area contributed by atoms with E-state index in [0.717, 1.165) is 41.6 Å². The second-order valence-electron chi connectivity index (χ2n) is 10.4. The summed E-state index contributed by atoms with van der Waals surface area (Å²) < 4.78 is 70.7. The molecule has 2 aromatic carbocycles. The van der Waals surface area contributed by atoms with Crippen molar-refractivity contribution in [2.75, 3.05) is 37.0 Å². The second-order valence-corrected chi connectivity index (χ2v) is 13.0. The molecule has 1 saturated carbocycles. The number of alkyl halides is 4. The fourth-order valence-corrected chi connectivity index (χ4v) is 6.24. The SMILES string of the molecule is CCOCN(C(=O)CCl)c1c(C)cccc1CC.CS(=O)(=O)c1ccc(C(=O)C2C(=O)CCCC2=O)c(Cl)c1COCC(F)(F)F. The van der Waals surface area contributed by atoms with Gasteiger partial charge in [0.2, 0.25) is 5.91 Å². The quantitative estimate of drug-likeness (QED) is 0.113. The Labute approximate surface area is 276 Å². The summed E-state index contributed by atoms with van der Waals surface area (Å²) >= 11 is 11.8. The fraction of sp³-hybridized carbons (Fsp3) is 0.484. The molecule has 0 spiro atoms. The summed E-state index contributed by atoms with van der Waals surface area (Å²) in [5, 5.41) is -0.457. The van der Waals surface area contributed by atoms with Crippen LogP contribution in [-0.2, 0) is 46.7 Å². The van der Waals surface area contributed by atoms with Crippen molar-refractivity contribution in [3.05, 3.63) is 57.6 Å². The number of ether oxygens (including phenoxy) is 2. The lowest BCUT2D eigenvalue weighted by Gasteiger charge is -2.25. The zero-order valence-corrected chi connectivity index (χ0v) is 28.2. The summed E-state index contributed by atoms with van der Waals surface area (Å²) in [6.07, 6.45) is -2.53. The van der Waals surface area contributed by atoms with E-state index < -0.39 is 62.4 Å². The van der Waals surface area contributed by atoms with Crippen LogP contribution in [0.25, 0.3) is 0 Å². The Morgan fingerprint density at radius 2 is 1.67 bits per heavy atom. The largest absolute Gasteiger partial charge is 0.411 e. The van der Waals surface area contributed by atoms with Gasteiger partial charge in [-0.05, 0) is 49.9 Å². The summed E-state index contributed by atoms with van der Waals surface area (Å²) in [6.45, 7) is 4.32. The molecular formula is C31H36Cl2F3NO8S. The number of amides is 1. The van der Waals surface area contributed by atoms with Gasteiger partial charge < -0.3 is 9.47 Å². The Kier molecular flexibility index (Phi) is 14.8. The van der Waals surface area contributed by atoms with E-state index >= 15 is 0 Å². The molecule has 46 heavy (non-hydrogen) atoms. The van der Waals surface area contributed by atoms with Crippen LogP contribution in [-0.4, -0.2) is 69.9 Å². The number of hydrogen-bond donors (Lipinski definition) is 0. The first-order valence-electron chi connectivity index (χ1n) is 14.3. The van der Waals surface area contributed by atoms with Crippen LogP contribution in [0, 0.1) is 12.8 Å². The van der Waals surface area contributed by atoms with E-state index in [-0.39, 0.29) is 42.5 Å². The van der Waals surface area contributed by atoms with Crippen LogP contribution in [0.3, 0.4) is 0 Å². The van der Waals surface area contributed by atoms with Gasteiger partial charge in [0.05, 0.1) is 22.2 Å². The van der Waals surface area contributed by atoms with Crippen LogP contribution in [0.5, 0.6) is 0 Å². The van der Waals surface area contributed by atoms with Crippen LogP contribution in [0.4, 0.5) is 18.9 Å². The monoisotopic (exact) mass is 709 g/mol. The predicted octanol–water partition coefficient (Wildman–Crippen LogP) is 6.07. The molecule has 1 amide bonds. The first kappa shape index (κ1) is 39.3. The molecule has 0 saturated heterocycles. The molecule has 3 rings (SSSR count). The zero-order chi connectivity index (χ0) is 34.8. The normalized spacial score (nSPS) is 14.1. The maximum atomic E-state index is 12.7. The van der Waals surface area contributed by atoms with Crippen LogP contribution in [0.15, 0.2) is 35.2 Å². The number of anilines is 1. The van der Waals surface area contributed by atoms with Crippen LogP contribution in [0.1, 0.15) is 60.2 Å². The van der Waals surface area contributed by atoms with Gasteiger partial charge in [0.25, 0.3) is 0 Å². The number of halogens is 5. The molecule has 1 fully saturated rings. The average Bonchev–Trinajstić information content (AvgIpc) is 2.97. The highest BCUT2D eigenvalue weighted by atomic mass is 35.5. The highest BCUT2D eigenvalue weighted by Crippen LogP contribution is 2.33. The number of rotatable bonds is 12. The molecule has 0 heterocycles. The molecule has 0 atom stereocenters. The third-order valence-electron chi connectivity index (χ3n) is 6.94. The van der Waals surface area contributed by atoms with Gasteiger partial charge >= 0.3 is 6.18 Å².